The second kappa shape index (κ2) is 11.0. The number of rotatable bonds is 10. The number of ketones is 1. The van der Waals surface area contributed by atoms with Crippen molar-refractivity contribution in [2.45, 2.75) is 33.1 Å². The minimum Gasteiger partial charge on any atom is -0.484 e. The van der Waals surface area contributed by atoms with E-state index in [2.05, 4.69) is 5.32 Å². The van der Waals surface area contributed by atoms with Crippen LogP contribution in [0, 0.1) is 6.92 Å². The number of fused-ring (bicyclic) bond motifs is 1. The summed E-state index contributed by atoms with van der Waals surface area (Å²) in [5.41, 5.74) is 1.92. The smallest absolute Gasteiger partial charge is 0.265 e. The first kappa shape index (κ1) is 23.6. The third-order valence-corrected chi connectivity index (χ3v) is 5.32. The van der Waals surface area contributed by atoms with E-state index in [-0.39, 0.29) is 30.8 Å². The second-order valence-corrected chi connectivity index (χ2v) is 8.02. The molecule has 1 heterocycles. The van der Waals surface area contributed by atoms with E-state index in [4.69, 9.17) is 21.1 Å². The zero-order chi connectivity index (χ0) is 23.1. The maximum Gasteiger partial charge on any atom is 0.265 e. The van der Waals surface area contributed by atoms with Crippen LogP contribution in [0.2, 0.25) is 5.02 Å². The minimum atomic E-state index is -0.249. The number of carbonyl (C=O) groups excluding carboxylic acids is 3. The van der Waals surface area contributed by atoms with Gasteiger partial charge < -0.3 is 19.7 Å². The van der Waals surface area contributed by atoms with Gasteiger partial charge in [0, 0.05) is 25.1 Å². The number of hydrogen-bond acceptors (Lipinski definition) is 5. The first-order valence-electron chi connectivity index (χ1n) is 10.6. The van der Waals surface area contributed by atoms with E-state index in [1.165, 1.54) is 0 Å². The Kier molecular flexibility index (Phi) is 8.11. The molecule has 2 aromatic rings. The standard InChI is InChI=1S/C24H27ClN2O5/c1-3-10-26-23(29)5-4-11-27-19-13-17(7-9-22(19)32-15-24(27)30)20(28)14-31-21-8-6-16(2)12-18(21)25/h6-9,12-13H,3-5,10-11,14-15H2,1-2H3,(H,26,29). The Morgan fingerprint density at radius 1 is 1.22 bits per heavy atom. The Balaban J connectivity index is 1.66. The Morgan fingerprint density at radius 2 is 2.03 bits per heavy atom. The third kappa shape index (κ3) is 6.01. The summed E-state index contributed by atoms with van der Waals surface area (Å²) in [4.78, 5) is 38.6. The van der Waals surface area contributed by atoms with Crippen molar-refractivity contribution < 1.29 is 23.9 Å². The van der Waals surface area contributed by atoms with Gasteiger partial charge in [0.05, 0.1) is 10.7 Å². The lowest BCUT2D eigenvalue weighted by Crippen LogP contribution is -2.40. The zero-order valence-corrected chi connectivity index (χ0v) is 19.0. The number of aryl methyl sites for hydroxylation is 1. The molecule has 8 heteroatoms. The molecule has 0 saturated heterocycles. The molecule has 170 valence electrons. The average Bonchev–Trinajstić information content (AvgIpc) is 2.78. The van der Waals surface area contributed by atoms with Crippen molar-refractivity contribution in [2.75, 3.05) is 31.2 Å². The summed E-state index contributed by atoms with van der Waals surface area (Å²) in [6.07, 6.45) is 1.70. The van der Waals surface area contributed by atoms with Crippen LogP contribution < -0.4 is 19.7 Å². The first-order chi connectivity index (χ1) is 15.4. The summed E-state index contributed by atoms with van der Waals surface area (Å²) in [6, 6.07) is 10.3. The summed E-state index contributed by atoms with van der Waals surface area (Å²) in [6.45, 7) is 4.65. The van der Waals surface area contributed by atoms with Crippen LogP contribution in [0.1, 0.15) is 42.1 Å². The van der Waals surface area contributed by atoms with Crippen LogP contribution in [0.25, 0.3) is 0 Å². The van der Waals surface area contributed by atoms with Gasteiger partial charge in [0.2, 0.25) is 5.91 Å². The fourth-order valence-corrected chi connectivity index (χ4v) is 3.61. The highest BCUT2D eigenvalue weighted by atomic mass is 35.5. The van der Waals surface area contributed by atoms with Gasteiger partial charge in [-0.25, -0.2) is 0 Å². The van der Waals surface area contributed by atoms with Gasteiger partial charge in [0.25, 0.3) is 5.91 Å². The van der Waals surface area contributed by atoms with Crippen molar-refractivity contribution in [3.8, 4) is 11.5 Å². The predicted octanol–water partition coefficient (Wildman–Crippen LogP) is 3.94. The van der Waals surface area contributed by atoms with Gasteiger partial charge in [0.15, 0.2) is 19.0 Å². The lowest BCUT2D eigenvalue weighted by atomic mass is 10.1. The Bertz CT molecular complexity index is 1010. The number of nitrogens with one attached hydrogen (secondary N) is 1. The van der Waals surface area contributed by atoms with Crippen molar-refractivity contribution in [3.05, 3.63) is 52.5 Å². The molecule has 0 fully saturated rings. The van der Waals surface area contributed by atoms with E-state index in [1.807, 2.05) is 19.9 Å². The summed E-state index contributed by atoms with van der Waals surface area (Å²) in [5, 5.41) is 3.27. The number of ether oxygens (including phenoxy) is 2. The predicted molar refractivity (Wildman–Crippen MR) is 123 cm³/mol. The van der Waals surface area contributed by atoms with E-state index in [1.54, 1.807) is 35.2 Å². The van der Waals surface area contributed by atoms with Gasteiger partial charge in [-0.3, -0.25) is 14.4 Å². The molecule has 2 aromatic carbocycles. The summed E-state index contributed by atoms with van der Waals surface area (Å²) in [5.74, 6) is 0.466. The van der Waals surface area contributed by atoms with Crippen molar-refractivity contribution in [1.29, 1.82) is 0 Å². The molecule has 0 saturated carbocycles. The van der Waals surface area contributed by atoms with Crippen molar-refractivity contribution in [3.63, 3.8) is 0 Å². The molecule has 0 atom stereocenters. The number of Topliss-reactive ketones (excluding diaryl/α,β-unsaturated/α-hetero) is 1. The molecule has 0 bridgehead atoms. The highest BCUT2D eigenvalue weighted by molar-refractivity contribution is 6.32. The van der Waals surface area contributed by atoms with Gasteiger partial charge in [-0.05, 0) is 55.7 Å². The summed E-state index contributed by atoms with van der Waals surface area (Å²) in [7, 11) is 0. The average molecular weight is 459 g/mol. The number of nitrogens with zero attached hydrogens (tertiary/aromatic N) is 1. The van der Waals surface area contributed by atoms with Crippen LogP contribution >= 0.6 is 11.6 Å². The molecule has 1 aliphatic rings. The number of halogens is 1. The molecule has 32 heavy (non-hydrogen) atoms. The topological polar surface area (TPSA) is 84.9 Å². The van der Waals surface area contributed by atoms with Crippen LogP contribution in [0.15, 0.2) is 36.4 Å². The first-order valence-corrected chi connectivity index (χ1v) is 11.0. The largest absolute Gasteiger partial charge is 0.484 e. The highest BCUT2D eigenvalue weighted by Gasteiger charge is 2.26. The lowest BCUT2D eigenvalue weighted by Gasteiger charge is -2.29. The van der Waals surface area contributed by atoms with E-state index in [0.29, 0.717) is 53.7 Å². The van der Waals surface area contributed by atoms with Crippen LogP contribution in [0.5, 0.6) is 11.5 Å². The molecule has 1 aliphatic heterocycles. The van der Waals surface area contributed by atoms with Crippen LogP contribution in [-0.2, 0) is 9.59 Å². The molecule has 2 amide bonds. The van der Waals surface area contributed by atoms with Gasteiger partial charge in [-0.15, -0.1) is 0 Å². The Hall–Kier alpha value is -3.06. The van der Waals surface area contributed by atoms with Gasteiger partial charge in [-0.1, -0.05) is 24.6 Å². The fraction of sp³-hybridized carbons (Fsp3) is 0.375. The summed E-state index contributed by atoms with van der Waals surface area (Å²) < 4.78 is 11.1. The maximum absolute atomic E-state index is 12.7. The molecule has 0 aromatic heterocycles. The monoisotopic (exact) mass is 458 g/mol. The molecular formula is C24H27ClN2O5. The number of carbonyl (C=O) groups is 3. The molecule has 0 aliphatic carbocycles. The van der Waals surface area contributed by atoms with E-state index in [9.17, 15) is 14.4 Å². The van der Waals surface area contributed by atoms with Crippen LogP contribution in [-0.4, -0.2) is 43.9 Å². The number of anilines is 1. The van der Waals surface area contributed by atoms with E-state index in [0.717, 1.165) is 12.0 Å². The quantitative estimate of drug-likeness (QED) is 0.545. The molecular weight excluding hydrogens is 432 g/mol. The molecule has 0 unspecified atom stereocenters. The normalized spacial score (nSPS) is 12.7. The SMILES string of the molecule is CCCNC(=O)CCCN1C(=O)COc2ccc(C(=O)COc3ccc(C)cc3Cl)cc21. The Morgan fingerprint density at radius 3 is 2.78 bits per heavy atom. The van der Waals surface area contributed by atoms with Gasteiger partial charge >= 0.3 is 0 Å². The van der Waals surface area contributed by atoms with Gasteiger partial charge in [-0.2, -0.15) is 0 Å². The Labute approximate surface area is 192 Å². The number of amides is 2. The zero-order valence-electron chi connectivity index (χ0n) is 18.3. The summed E-state index contributed by atoms with van der Waals surface area (Å²) >= 11 is 6.16. The van der Waals surface area contributed by atoms with Crippen molar-refractivity contribution in [1.82, 2.24) is 5.32 Å². The van der Waals surface area contributed by atoms with E-state index < -0.39 is 0 Å². The van der Waals surface area contributed by atoms with E-state index >= 15 is 0 Å². The minimum absolute atomic E-state index is 0.0383. The van der Waals surface area contributed by atoms with Crippen LogP contribution in [0.4, 0.5) is 5.69 Å². The molecule has 0 spiro atoms. The van der Waals surface area contributed by atoms with Crippen LogP contribution in [0.3, 0.4) is 0 Å². The van der Waals surface area contributed by atoms with Crippen molar-refractivity contribution >= 4 is 34.9 Å². The number of hydrogen-bond donors (Lipinski definition) is 1. The molecule has 0 radical (unpaired) electrons. The molecule has 3 rings (SSSR count). The highest BCUT2D eigenvalue weighted by Crippen LogP contribution is 2.33. The maximum atomic E-state index is 12.7. The lowest BCUT2D eigenvalue weighted by molar-refractivity contribution is -0.122. The molecule has 1 N–H and O–H groups in total. The van der Waals surface area contributed by atoms with Crippen molar-refractivity contribution in [2.24, 2.45) is 0 Å². The fourth-order valence-electron chi connectivity index (χ4n) is 3.32. The second-order valence-electron chi connectivity index (χ2n) is 7.62. The molecule has 7 nitrogen and oxygen atoms in total. The number of benzene rings is 2. The third-order valence-electron chi connectivity index (χ3n) is 5.03. The van der Waals surface area contributed by atoms with Gasteiger partial charge in [0.1, 0.15) is 11.5 Å².